The molecule has 3 rings (SSSR count). The SMILES string of the molecule is O=C(NNc1c(Cl)cc(Cl)cc1Cl)c1ccccc1CSc1ncn[nH]1. The third-order valence-corrected chi connectivity index (χ3v) is 5.07. The van der Waals surface area contributed by atoms with Crippen LogP contribution in [0.1, 0.15) is 15.9 Å². The van der Waals surface area contributed by atoms with E-state index < -0.39 is 0 Å². The van der Waals surface area contributed by atoms with Crippen molar-refractivity contribution in [3.05, 3.63) is 68.9 Å². The van der Waals surface area contributed by atoms with Gasteiger partial charge in [0.05, 0.1) is 15.7 Å². The topological polar surface area (TPSA) is 82.7 Å². The lowest BCUT2D eigenvalue weighted by molar-refractivity contribution is 0.0962. The summed E-state index contributed by atoms with van der Waals surface area (Å²) < 4.78 is 0. The largest absolute Gasteiger partial charge is 0.295 e. The maximum Gasteiger partial charge on any atom is 0.269 e. The number of hydrazine groups is 1. The number of thioether (sulfide) groups is 1. The first-order chi connectivity index (χ1) is 12.5. The van der Waals surface area contributed by atoms with Gasteiger partial charge >= 0.3 is 0 Å². The Morgan fingerprint density at radius 1 is 1.15 bits per heavy atom. The molecule has 1 amide bonds. The number of rotatable bonds is 6. The molecule has 3 aromatic rings. The fraction of sp³-hybridized carbons (Fsp3) is 0.0625. The minimum Gasteiger partial charge on any atom is -0.295 e. The van der Waals surface area contributed by atoms with Crippen LogP contribution in [0.3, 0.4) is 0 Å². The van der Waals surface area contributed by atoms with Crippen LogP contribution in [-0.2, 0) is 5.75 Å². The Labute approximate surface area is 168 Å². The molecular formula is C16H12Cl3N5OS. The van der Waals surface area contributed by atoms with Gasteiger partial charge in [-0.05, 0) is 23.8 Å². The van der Waals surface area contributed by atoms with Gasteiger partial charge in [0.2, 0.25) is 0 Å². The van der Waals surface area contributed by atoms with Gasteiger partial charge in [0.1, 0.15) is 6.33 Å². The molecule has 134 valence electrons. The molecule has 0 bridgehead atoms. The number of hydrogen-bond donors (Lipinski definition) is 3. The molecule has 0 saturated carbocycles. The van der Waals surface area contributed by atoms with Gasteiger partial charge in [-0.25, -0.2) is 4.98 Å². The molecule has 2 aromatic carbocycles. The maximum absolute atomic E-state index is 12.6. The second-order valence-electron chi connectivity index (χ2n) is 5.06. The summed E-state index contributed by atoms with van der Waals surface area (Å²) in [7, 11) is 0. The number of nitrogens with zero attached hydrogens (tertiary/aromatic N) is 2. The molecule has 0 fully saturated rings. The van der Waals surface area contributed by atoms with Gasteiger partial charge in [-0.3, -0.25) is 20.7 Å². The average Bonchev–Trinajstić information content (AvgIpc) is 3.12. The van der Waals surface area contributed by atoms with Crippen LogP contribution in [0.5, 0.6) is 0 Å². The van der Waals surface area contributed by atoms with Crippen LogP contribution in [0.25, 0.3) is 0 Å². The quantitative estimate of drug-likeness (QED) is 0.387. The molecule has 1 heterocycles. The lowest BCUT2D eigenvalue weighted by Crippen LogP contribution is -2.30. The minimum absolute atomic E-state index is 0.303. The molecular weight excluding hydrogens is 417 g/mol. The minimum atomic E-state index is -0.319. The summed E-state index contributed by atoms with van der Waals surface area (Å²) in [6.45, 7) is 0. The van der Waals surface area contributed by atoms with Crippen molar-refractivity contribution in [1.82, 2.24) is 20.6 Å². The van der Waals surface area contributed by atoms with E-state index in [4.69, 9.17) is 34.8 Å². The van der Waals surface area contributed by atoms with E-state index in [1.54, 1.807) is 12.1 Å². The van der Waals surface area contributed by atoms with Crippen molar-refractivity contribution in [3.63, 3.8) is 0 Å². The maximum atomic E-state index is 12.6. The van der Waals surface area contributed by atoms with Gasteiger partial charge in [-0.15, -0.1) is 0 Å². The lowest BCUT2D eigenvalue weighted by Gasteiger charge is -2.13. The number of halogens is 3. The second-order valence-corrected chi connectivity index (χ2v) is 7.27. The van der Waals surface area contributed by atoms with Crippen LogP contribution in [0.2, 0.25) is 15.1 Å². The summed E-state index contributed by atoms with van der Waals surface area (Å²) in [4.78, 5) is 16.6. The molecule has 1 aromatic heterocycles. The third-order valence-electron chi connectivity index (χ3n) is 3.33. The van der Waals surface area contributed by atoms with Gasteiger partial charge in [0, 0.05) is 16.3 Å². The van der Waals surface area contributed by atoms with Crippen LogP contribution in [0.4, 0.5) is 5.69 Å². The molecule has 0 aliphatic rings. The number of benzene rings is 2. The molecule has 0 atom stereocenters. The highest BCUT2D eigenvalue weighted by Gasteiger charge is 2.13. The van der Waals surface area contributed by atoms with Gasteiger partial charge in [0.15, 0.2) is 5.16 Å². The van der Waals surface area contributed by atoms with Crippen LogP contribution in [-0.4, -0.2) is 21.1 Å². The van der Waals surface area contributed by atoms with Crippen LogP contribution in [0.15, 0.2) is 47.9 Å². The van der Waals surface area contributed by atoms with Crippen LogP contribution in [0, 0.1) is 0 Å². The molecule has 0 radical (unpaired) electrons. The number of carbonyl (C=O) groups excluding carboxylic acids is 1. The average molecular weight is 429 g/mol. The standard InChI is InChI=1S/C16H12Cl3N5OS/c17-10-5-12(18)14(13(19)6-10)22-23-15(25)11-4-2-1-3-9(11)7-26-16-20-8-21-24-16/h1-6,8,22H,7H2,(H,23,25)(H,20,21,24). The number of H-pyrrole nitrogens is 1. The normalized spacial score (nSPS) is 10.6. The van der Waals surface area contributed by atoms with Gasteiger partial charge < -0.3 is 0 Å². The molecule has 0 aliphatic heterocycles. The Morgan fingerprint density at radius 3 is 2.58 bits per heavy atom. The number of anilines is 1. The Balaban J connectivity index is 1.70. The number of aromatic amines is 1. The van der Waals surface area contributed by atoms with E-state index in [2.05, 4.69) is 26.0 Å². The monoisotopic (exact) mass is 427 g/mol. The number of aromatic nitrogens is 3. The van der Waals surface area contributed by atoms with Crippen LogP contribution < -0.4 is 10.9 Å². The molecule has 6 nitrogen and oxygen atoms in total. The zero-order valence-electron chi connectivity index (χ0n) is 13.1. The smallest absolute Gasteiger partial charge is 0.269 e. The Hall–Kier alpha value is -1.93. The van der Waals surface area contributed by atoms with E-state index >= 15 is 0 Å². The van der Waals surface area contributed by atoms with E-state index in [0.717, 1.165) is 5.56 Å². The number of nitrogens with one attached hydrogen (secondary N) is 3. The molecule has 0 aliphatic carbocycles. The first-order valence-electron chi connectivity index (χ1n) is 7.31. The summed E-state index contributed by atoms with van der Waals surface area (Å²) in [5.74, 6) is 0.238. The molecule has 3 N–H and O–H groups in total. The summed E-state index contributed by atoms with van der Waals surface area (Å²) in [5, 5.41) is 8.26. The molecule has 0 saturated heterocycles. The first-order valence-corrected chi connectivity index (χ1v) is 9.43. The predicted molar refractivity (Wildman–Crippen MR) is 105 cm³/mol. The van der Waals surface area contributed by atoms with Gasteiger partial charge in [-0.2, -0.15) is 5.10 Å². The number of amides is 1. The predicted octanol–water partition coefficient (Wildman–Crippen LogP) is 4.81. The molecule has 10 heteroatoms. The van der Waals surface area contributed by atoms with Crippen LogP contribution >= 0.6 is 46.6 Å². The molecule has 26 heavy (non-hydrogen) atoms. The first kappa shape index (κ1) is 18.8. The van der Waals surface area contributed by atoms with Crippen molar-refractivity contribution >= 4 is 58.2 Å². The Morgan fingerprint density at radius 2 is 1.88 bits per heavy atom. The fourth-order valence-electron chi connectivity index (χ4n) is 2.13. The highest BCUT2D eigenvalue weighted by Crippen LogP contribution is 2.33. The van der Waals surface area contributed by atoms with Crippen molar-refractivity contribution in [1.29, 1.82) is 0 Å². The fourth-order valence-corrected chi connectivity index (χ4v) is 3.82. The summed E-state index contributed by atoms with van der Waals surface area (Å²) in [6, 6.07) is 10.3. The van der Waals surface area contributed by atoms with E-state index in [1.807, 2.05) is 12.1 Å². The van der Waals surface area contributed by atoms with Crippen molar-refractivity contribution in [3.8, 4) is 0 Å². The lowest BCUT2D eigenvalue weighted by atomic mass is 10.1. The summed E-state index contributed by atoms with van der Waals surface area (Å²) in [6.07, 6.45) is 1.43. The number of carbonyl (C=O) groups is 1. The summed E-state index contributed by atoms with van der Waals surface area (Å²) >= 11 is 19.5. The number of hydrogen-bond acceptors (Lipinski definition) is 5. The second kappa shape index (κ2) is 8.64. The Kier molecular flexibility index (Phi) is 6.26. The highest BCUT2D eigenvalue weighted by molar-refractivity contribution is 7.98. The zero-order valence-corrected chi connectivity index (χ0v) is 16.2. The highest BCUT2D eigenvalue weighted by atomic mass is 35.5. The molecule has 0 spiro atoms. The van der Waals surface area contributed by atoms with E-state index in [9.17, 15) is 4.79 Å². The molecule has 0 unspecified atom stereocenters. The summed E-state index contributed by atoms with van der Waals surface area (Å²) in [5.41, 5.74) is 7.09. The van der Waals surface area contributed by atoms with Crippen molar-refractivity contribution < 1.29 is 4.79 Å². The van der Waals surface area contributed by atoms with Gasteiger partial charge in [0.25, 0.3) is 5.91 Å². The van der Waals surface area contributed by atoms with E-state index in [0.29, 0.717) is 37.2 Å². The van der Waals surface area contributed by atoms with Crippen molar-refractivity contribution in [2.24, 2.45) is 0 Å². The Bertz CT molecular complexity index is 897. The third kappa shape index (κ3) is 4.62. The van der Waals surface area contributed by atoms with E-state index in [-0.39, 0.29) is 5.91 Å². The van der Waals surface area contributed by atoms with Crippen molar-refractivity contribution in [2.75, 3.05) is 5.43 Å². The van der Waals surface area contributed by atoms with E-state index in [1.165, 1.54) is 30.2 Å². The zero-order chi connectivity index (χ0) is 18.5. The van der Waals surface area contributed by atoms with Crippen molar-refractivity contribution in [2.45, 2.75) is 10.9 Å². The van der Waals surface area contributed by atoms with Gasteiger partial charge in [-0.1, -0.05) is 64.8 Å².